The fourth-order valence-electron chi connectivity index (χ4n) is 3.09. The Bertz CT molecular complexity index is 244. The number of nitrogens with zero attached hydrogens (tertiary/aromatic N) is 1. The minimum Gasteiger partial charge on any atom is -0.264 e. The van der Waals surface area contributed by atoms with E-state index in [-0.39, 0.29) is 11.0 Å². The lowest BCUT2D eigenvalue weighted by Gasteiger charge is -2.08. The van der Waals surface area contributed by atoms with E-state index in [9.17, 15) is 10.1 Å². The monoisotopic (exact) mass is 313 g/mol. The highest BCUT2D eigenvalue weighted by Gasteiger charge is 2.17. The van der Waals surface area contributed by atoms with Crippen LogP contribution in [0.15, 0.2) is 0 Å². The summed E-state index contributed by atoms with van der Waals surface area (Å²) in [4.78, 5) is 10.8. The van der Waals surface area contributed by atoms with Crippen LogP contribution in [0.5, 0.6) is 0 Å². The second-order valence-electron chi connectivity index (χ2n) is 6.76. The summed E-state index contributed by atoms with van der Waals surface area (Å²) in [6.07, 6.45) is 19.7. The minimum absolute atomic E-state index is 0.0794. The molecule has 1 unspecified atom stereocenters. The number of nitro groups is 1. The van der Waals surface area contributed by atoms with E-state index in [1.165, 1.54) is 77.0 Å². The van der Waals surface area contributed by atoms with Crippen LogP contribution in [0.4, 0.5) is 0 Å². The highest BCUT2D eigenvalue weighted by Crippen LogP contribution is 2.15. The van der Waals surface area contributed by atoms with Gasteiger partial charge < -0.3 is 0 Å². The van der Waals surface area contributed by atoms with Gasteiger partial charge in [0, 0.05) is 17.8 Å². The third-order valence-electron chi connectivity index (χ3n) is 4.56. The summed E-state index contributed by atoms with van der Waals surface area (Å²) in [5, 5.41) is 10.8. The van der Waals surface area contributed by atoms with Gasteiger partial charge in [-0.25, -0.2) is 0 Å². The lowest BCUT2D eigenvalue weighted by atomic mass is 10.0. The summed E-state index contributed by atoms with van der Waals surface area (Å²) in [5.41, 5.74) is 0. The van der Waals surface area contributed by atoms with Crippen molar-refractivity contribution in [2.45, 2.75) is 123 Å². The van der Waals surface area contributed by atoms with Crippen molar-refractivity contribution in [3.8, 4) is 0 Å². The van der Waals surface area contributed by atoms with Crippen molar-refractivity contribution in [2.75, 3.05) is 0 Å². The van der Waals surface area contributed by atoms with Gasteiger partial charge in [0.25, 0.3) is 0 Å². The molecule has 0 aliphatic heterocycles. The maximum atomic E-state index is 10.8. The van der Waals surface area contributed by atoms with E-state index < -0.39 is 0 Å². The van der Waals surface area contributed by atoms with Gasteiger partial charge in [-0.2, -0.15) is 0 Å². The number of unbranched alkanes of at least 4 members (excludes halogenated alkanes) is 12. The molecule has 0 aromatic rings. The molecule has 0 aromatic heterocycles. The summed E-state index contributed by atoms with van der Waals surface area (Å²) in [6.45, 7) is 4.29. The zero-order valence-electron chi connectivity index (χ0n) is 15.2. The Balaban J connectivity index is 3.21. The van der Waals surface area contributed by atoms with Crippen LogP contribution in [0.2, 0.25) is 0 Å². The number of hydrogen-bond donors (Lipinski definition) is 0. The van der Waals surface area contributed by atoms with Gasteiger partial charge in [-0.3, -0.25) is 10.1 Å². The van der Waals surface area contributed by atoms with Crippen molar-refractivity contribution in [1.29, 1.82) is 0 Å². The summed E-state index contributed by atoms with van der Waals surface area (Å²) >= 11 is 0. The van der Waals surface area contributed by atoms with Crippen LogP contribution in [-0.4, -0.2) is 11.0 Å². The number of rotatable bonds is 17. The first-order chi connectivity index (χ1) is 10.7. The molecule has 0 spiro atoms. The van der Waals surface area contributed by atoms with Gasteiger partial charge in [-0.05, 0) is 12.8 Å². The van der Waals surface area contributed by atoms with Crippen molar-refractivity contribution in [2.24, 2.45) is 0 Å². The molecule has 0 saturated carbocycles. The van der Waals surface area contributed by atoms with Gasteiger partial charge in [0.15, 0.2) is 0 Å². The third kappa shape index (κ3) is 14.3. The molecule has 0 aromatic carbocycles. The summed E-state index contributed by atoms with van der Waals surface area (Å²) in [5.74, 6) is 0. The first kappa shape index (κ1) is 21.4. The maximum Gasteiger partial charge on any atom is 0.213 e. The smallest absolute Gasteiger partial charge is 0.213 e. The van der Waals surface area contributed by atoms with Gasteiger partial charge in [-0.15, -0.1) is 0 Å². The van der Waals surface area contributed by atoms with Crippen molar-refractivity contribution >= 4 is 0 Å². The Kier molecular flexibility index (Phi) is 16.3. The van der Waals surface area contributed by atoms with E-state index in [2.05, 4.69) is 6.92 Å². The molecular weight excluding hydrogens is 274 g/mol. The van der Waals surface area contributed by atoms with E-state index in [0.717, 1.165) is 25.7 Å². The van der Waals surface area contributed by atoms with Crippen LogP contribution in [0.1, 0.15) is 117 Å². The van der Waals surface area contributed by atoms with Crippen molar-refractivity contribution < 1.29 is 4.92 Å². The predicted octanol–water partition coefficient (Wildman–Crippen LogP) is 6.91. The minimum atomic E-state index is -0.294. The normalized spacial score (nSPS) is 12.5. The Morgan fingerprint density at radius 2 is 1.05 bits per heavy atom. The molecule has 0 aliphatic carbocycles. The Morgan fingerprint density at radius 1 is 0.636 bits per heavy atom. The van der Waals surface area contributed by atoms with Crippen molar-refractivity contribution in [3.63, 3.8) is 0 Å². The molecule has 0 radical (unpaired) electrons. The fraction of sp³-hybridized carbons (Fsp3) is 1.00. The van der Waals surface area contributed by atoms with Gasteiger partial charge in [0.05, 0.1) is 0 Å². The van der Waals surface area contributed by atoms with Gasteiger partial charge in [0.2, 0.25) is 6.04 Å². The lowest BCUT2D eigenvalue weighted by Crippen LogP contribution is -2.18. The van der Waals surface area contributed by atoms with E-state index in [1.807, 2.05) is 6.92 Å². The molecule has 3 nitrogen and oxygen atoms in total. The quantitative estimate of drug-likeness (QED) is 0.166. The average molecular weight is 314 g/mol. The van der Waals surface area contributed by atoms with Crippen LogP contribution in [0, 0.1) is 10.1 Å². The van der Waals surface area contributed by atoms with Gasteiger partial charge in [0.1, 0.15) is 0 Å². The highest BCUT2D eigenvalue weighted by molar-refractivity contribution is 4.57. The highest BCUT2D eigenvalue weighted by atomic mass is 16.6. The second-order valence-corrected chi connectivity index (χ2v) is 6.76. The Morgan fingerprint density at radius 3 is 1.41 bits per heavy atom. The molecular formula is C19H39NO2. The van der Waals surface area contributed by atoms with Crippen LogP contribution in [0.25, 0.3) is 0 Å². The first-order valence-electron chi connectivity index (χ1n) is 9.85. The zero-order chi connectivity index (χ0) is 16.5. The van der Waals surface area contributed by atoms with Crippen LogP contribution < -0.4 is 0 Å². The summed E-state index contributed by atoms with van der Waals surface area (Å²) in [7, 11) is 0. The molecule has 132 valence electrons. The van der Waals surface area contributed by atoms with Crippen molar-refractivity contribution in [3.05, 3.63) is 10.1 Å². The molecule has 1 atom stereocenters. The molecule has 0 rings (SSSR count). The summed E-state index contributed by atoms with van der Waals surface area (Å²) in [6, 6.07) is -0.294. The van der Waals surface area contributed by atoms with Gasteiger partial charge in [-0.1, -0.05) is 90.9 Å². The van der Waals surface area contributed by atoms with Crippen LogP contribution >= 0.6 is 0 Å². The van der Waals surface area contributed by atoms with Crippen LogP contribution in [0.3, 0.4) is 0 Å². The lowest BCUT2D eigenvalue weighted by molar-refractivity contribution is -0.524. The predicted molar refractivity (Wildman–Crippen MR) is 96.0 cm³/mol. The molecule has 3 heteroatoms. The summed E-state index contributed by atoms with van der Waals surface area (Å²) < 4.78 is 0. The average Bonchev–Trinajstić information content (AvgIpc) is 2.50. The van der Waals surface area contributed by atoms with E-state index in [4.69, 9.17) is 0 Å². The first-order valence-corrected chi connectivity index (χ1v) is 9.85. The topological polar surface area (TPSA) is 43.1 Å². The zero-order valence-corrected chi connectivity index (χ0v) is 15.2. The molecule has 0 fully saturated rings. The Hall–Kier alpha value is -0.600. The largest absolute Gasteiger partial charge is 0.264 e. The Labute approximate surface area is 138 Å². The standard InChI is InChI=1S/C19H39NO2/c1-3-5-6-7-8-9-10-11-12-13-14-15-16-18-19(17-4-2)20(21)22/h19H,3-18H2,1-2H3. The second kappa shape index (κ2) is 16.8. The number of hydrogen-bond acceptors (Lipinski definition) is 2. The van der Waals surface area contributed by atoms with Crippen molar-refractivity contribution in [1.82, 2.24) is 0 Å². The molecule has 0 aliphatic rings. The third-order valence-corrected chi connectivity index (χ3v) is 4.56. The fourth-order valence-corrected chi connectivity index (χ4v) is 3.09. The molecule has 0 amide bonds. The molecule has 0 heterocycles. The van der Waals surface area contributed by atoms with E-state index in [0.29, 0.717) is 0 Å². The van der Waals surface area contributed by atoms with Gasteiger partial charge >= 0.3 is 0 Å². The molecule has 0 bridgehead atoms. The molecule has 0 N–H and O–H groups in total. The van der Waals surface area contributed by atoms with E-state index >= 15 is 0 Å². The molecule has 0 saturated heterocycles. The maximum absolute atomic E-state index is 10.8. The van der Waals surface area contributed by atoms with Crippen LogP contribution in [-0.2, 0) is 0 Å². The molecule has 22 heavy (non-hydrogen) atoms. The SMILES string of the molecule is CCCCCCCCCCCCCCCC(CCC)[N+](=O)[O-]. The van der Waals surface area contributed by atoms with E-state index in [1.54, 1.807) is 0 Å².